The summed E-state index contributed by atoms with van der Waals surface area (Å²) in [5.41, 5.74) is 1.26. The van der Waals surface area contributed by atoms with Gasteiger partial charge in [0.1, 0.15) is 17.5 Å². The number of carbonyl (C=O) groups is 1. The number of para-hydroxylation sites is 1. The maximum atomic E-state index is 12.9. The van der Waals surface area contributed by atoms with E-state index in [0.717, 1.165) is 13.1 Å². The van der Waals surface area contributed by atoms with E-state index >= 15 is 0 Å². The van der Waals surface area contributed by atoms with Gasteiger partial charge in [0.05, 0.1) is 20.3 Å². The summed E-state index contributed by atoms with van der Waals surface area (Å²) in [7, 11) is 1.58. The van der Waals surface area contributed by atoms with Crippen LogP contribution < -0.4 is 4.74 Å². The number of hydrogen-bond acceptors (Lipinski definition) is 6. The smallest absolute Gasteiger partial charge is 0.253 e. The Kier molecular flexibility index (Phi) is 6.06. The van der Waals surface area contributed by atoms with Crippen LogP contribution in [-0.4, -0.2) is 84.6 Å². The van der Waals surface area contributed by atoms with Gasteiger partial charge in [0, 0.05) is 43.9 Å². The molecule has 2 aromatic carbocycles. The number of β-amino-alcohol motifs (C(OH)–C–C–N with tert-alkyl or cyclic N) is 1. The standard InChI is InChI=1S/C23H28N2O5/c1-29-20-5-3-2-4-19(20)21(26)17-6-8-18(9-7-17)22(27)25-12-10-24(11-13-25)14-23(28)15-30-16-23/h2-9,21,26,28H,10-16H2,1H3. The molecule has 2 saturated heterocycles. The van der Waals surface area contributed by atoms with Gasteiger partial charge in [0.15, 0.2) is 0 Å². The van der Waals surface area contributed by atoms with Gasteiger partial charge in [-0.3, -0.25) is 9.69 Å². The summed E-state index contributed by atoms with van der Waals surface area (Å²) < 4.78 is 10.4. The lowest BCUT2D eigenvalue weighted by atomic mass is 9.99. The number of ether oxygens (including phenoxy) is 2. The molecule has 0 radical (unpaired) electrons. The number of benzene rings is 2. The van der Waals surface area contributed by atoms with Gasteiger partial charge in [-0.05, 0) is 23.8 Å². The lowest BCUT2D eigenvalue weighted by Crippen LogP contribution is -2.60. The highest BCUT2D eigenvalue weighted by Gasteiger charge is 2.38. The molecule has 2 aliphatic heterocycles. The molecular weight excluding hydrogens is 384 g/mol. The van der Waals surface area contributed by atoms with Crippen LogP contribution in [0, 0.1) is 0 Å². The van der Waals surface area contributed by atoms with Crippen LogP contribution in [0.4, 0.5) is 0 Å². The van der Waals surface area contributed by atoms with Crippen LogP contribution in [0.15, 0.2) is 48.5 Å². The Bertz CT molecular complexity index is 873. The van der Waals surface area contributed by atoms with Crippen molar-refractivity contribution in [3.05, 3.63) is 65.2 Å². The van der Waals surface area contributed by atoms with Crippen LogP contribution >= 0.6 is 0 Å². The van der Waals surface area contributed by atoms with E-state index in [2.05, 4.69) is 4.90 Å². The largest absolute Gasteiger partial charge is 0.496 e. The van der Waals surface area contributed by atoms with E-state index in [-0.39, 0.29) is 5.91 Å². The quantitative estimate of drug-likeness (QED) is 0.744. The van der Waals surface area contributed by atoms with Crippen LogP contribution in [0.1, 0.15) is 27.6 Å². The fraction of sp³-hybridized carbons (Fsp3) is 0.435. The van der Waals surface area contributed by atoms with E-state index in [1.807, 2.05) is 29.2 Å². The first-order valence-corrected chi connectivity index (χ1v) is 10.2. The second-order valence-corrected chi connectivity index (χ2v) is 8.05. The summed E-state index contributed by atoms with van der Waals surface area (Å²) in [4.78, 5) is 16.9. The molecule has 160 valence electrons. The van der Waals surface area contributed by atoms with Crippen molar-refractivity contribution >= 4 is 5.91 Å². The highest BCUT2D eigenvalue weighted by molar-refractivity contribution is 5.94. The number of hydrogen-bond donors (Lipinski definition) is 2. The Labute approximate surface area is 176 Å². The van der Waals surface area contributed by atoms with Gasteiger partial charge in [0.2, 0.25) is 0 Å². The van der Waals surface area contributed by atoms with Gasteiger partial charge in [-0.15, -0.1) is 0 Å². The fourth-order valence-electron chi connectivity index (χ4n) is 4.02. The zero-order chi connectivity index (χ0) is 21.1. The monoisotopic (exact) mass is 412 g/mol. The molecule has 1 unspecified atom stereocenters. The van der Waals surface area contributed by atoms with Crippen LogP contribution in [-0.2, 0) is 4.74 Å². The fourth-order valence-corrected chi connectivity index (χ4v) is 4.02. The van der Waals surface area contributed by atoms with Gasteiger partial charge in [-0.1, -0.05) is 30.3 Å². The third-order valence-electron chi connectivity index (χ3n) is 5.83. The number of aliphatic hydroxyl groups excluding tert-OH is 1. The minimum Gasteiger partial charge on any atom is -0.496 e. The molecule has 1 amide bonds. The number of nitrogens with zero attached hydrogens (tertiary/aromatic N) is 2. The van der Waals surface area contributed by atoms with E-state index in [1.165, 1.54) is 0 Å². The average molecular weight is 412 g/mol. The highest BCUT2D eigenvalue weighted by Crippen LogP contribution is 2.30. The maximum Gasteiger partial charge on any atom is 0.253 e. The molecular formula is C23H28N2O5. The van der Waals surface area contributed by atoms with Crippen LogP contribution in [0.3, 0.4) is 0 Å². The van der Waals surface area contributed by atoms with Crippen LogP contribution in [0.25, 0.3) is 0 Å². The zero-order valence-electron chi connectivity index (χ0n) is 17.2. The Balaban J connectivity index is 1.36. The highest BCUT2D eigenvalue weighted by atomic mass is 16.5. The van der Waals surface area contributed by atoms with Gasteiger partial charge >= 0.3 is 0 Å². The van der Waals surface area contributed by atoms with Crippen molar-refractivity contribution in [2.24, 2.45) is 0 Å². The molecule has 0 aliphatic carbocycles. The summed E-state index contributed by atoms with van der Waals surface area (Å²) in [5, 5.41) is 20.9. The first-order valence-electron chi connectivity index (χ1n) is 10.2. The molecule has 30 heavy (non-hydrogen) atoms. The molecule has 0 bridgehead atoms. The number of rotatable bonds is 6. The molecule has 2 aromatic rings. The second kappa shape index (κ2) is 8.73. The third-order valence-corrected chi connectivity index (χ3v) is 5.83. The first kappa shape index (κ1) is 20.8. The zero-order valence-corrected chi connectivity index (χ0v) is 17.2. The third kappa shape index (κ3) is 4.34. The van der Waals surface area contributed by atoms with Gasteiger partial charge in [0.25, 0.3) is 5.91 Å². The summed E-state index contributed by atoms with van der Waals surface area (Å²) >= 11 is 0. The summed E-state index contributed by atoms with van der Waals surface area (Å²) in [6.07, 6.45) is -0.824. The molecule has 1 atom stereocenters. The van der Waals surface area contributed by atoms with Crippen molar-refractivity contribution in [3.63, 3.8) is 0 Å². The van der Waals surface area contributed by atoms with Gasteiger partial charge < -0.3 is 24.6 Å². The Hall–Kier alpha value is -2.45. The number of aliphatic hydroxyl groups is 2. The summed E-state index contributed by atoms with van der Waals surface area (Å²) in [6.45, 7) is 4.09. The van der Waals surface area contributed by atoms with E-state index < -0.39 is 11.7 Å². The van der Waals surface area contributed by atoms with Crippen molar-refractivity contribution in [2.75, 3.05) is 53.0 Å². The molecule has 4 rings (SSSR count). The SMILES string of the molecule is COc1ccccc1C(O)c1ccc(C(=O)N2CCN(CC3(O)COC3)CC2)cc1. The number of carbonyl (C=O) groups excluding carboxylic acids is 1. The topological polar surface area (TPSA) is 82.5 Å². The van der Waals surface area contributed by atoms with Crippen molar-refractivity contribution in [3.8, 4) is 5.75 Å². The lowest BCUT2D eigenvalue weighted by molar-refractivity contribution is -0.188. The van der Waals surface area contributed by atoms with Gasteiger partial charge in [-0.2, -0.15) is 0 Å². The molecule has 2 heterocycles. The van der Waals surface area contributed by atoms with E-state index in [4.69, 9.17) is 9.47 Å². The minimum absolute atomic E-state index is 0.0151. The number of amides is 1. The Morgan fingerprint density at radius 2 is 1.77 bits per heavy atom. The van der Waals surface area contributed by atoms with E-state index in [0.29, 0.717) is 55.3 Å². The molecule has 7 nitrogen and oxygen atoms in total. The molecule has 2 N–H and O–H groups in total. The predicted molar refractivity (Wildman–Crippen MR) is 112 cm³/mol. The Morgan fingerprint density at radius 1 is 1.10 bits per heavy atom. The Morgan fingerprint density at radius 3 is 2.37 bits per heavy atom. The molecule has 2 aliphatic rings. The summed E-state index contributed by atoms with van der Waals surface area (Å²) in [6, 6.07) is 14.4. The number of methoxy groups -OCH3 is 1. The van der Waals surface area contributed by atoms with Crippen LogP contribution in [0.5, 0.6) is 5.75 Å². The molecule has 0 saturated carbocycles. The van der Waals surface area contributed by atoms with E-state index in [9.17, 15) is 15.0 Å². The molecule has 0 spiro atoms. The maximum absolute atomic E-state index is 12.9. The summed E-state index contributed by atoms with van der Waals surface area (Å²) in [5.74, 6) is 0.611. The molecule has 0 aromatic heterocycles. The predicted octanol–water partition coefficient (Wildman–Crippen LogP) is 1.30. The van der Waals surface area contributed by atoms with Crippen molar-refractivity contribution in [1.29, 1.82) is 0 Å². The van der Waals surface area contributed by atoms with Crippen molar-refractivity contribution in [1.82, 2.24) is 9.80 Å². The minimum atomic E-state index is -0.824. The van der Waals surface area contributed by atoms with Crippen molar-refractivity contribution < 1.29 is 24.5 Å². The molecule has 2 fully saturated rings. The normalized spacial score (nSPS) is 19.8. The second-order valence-electron chi connectivity index (χ2n) is 8.05. The number of piperazine rings is 1. The van der Waals surface area contributed by atoms with E-state index in [1.54, 1.807) is 31.4 Å². The van der Waals surface area contributed by atoms with Gasteiger partial charge in [-0.25, -0.2) is 0 Å². The molecule has 7 heteroatoms. The van der Waals surface area contributed by atoms with Crippen LogP contribution in [0.2, 0.25) is 0 Å². The lowest BCUT2D eigenvalue weighted by Gasteiger charge is -2.43. The average Bonchev–Trinajstić information content (AvgIpc) is 2.77. The first-order chi connectivity index (χ1) is 14.5. The van der Waals surface area contributed by atoms with Crippen molar-refractivity contribution in [2.45, 2.75) is 11.7 Å².